The van der Waals surface area contributed by atoms with Gasteiger partial charge in [0.15, 0.2) is 0 Å². The Balaban J connectivity index is 1.86. The Hall–Kier alpha value is -1.46. The zero-order valence-corrected chi connectivity index (χ0v) is 9.00. The first-order chi connectivity index (χ1) is 7.36. The first-order valence-corrected chi connectivity index (χ1v) is 5.52. The average molecular weight is 220 g/mol. The van der Waals surface area contributed by atoms with E-state index in [0.717, 1.165) is 22.9 Å². The van der Waals surface area contributed by atoms with Crippen LogP contribution in [0, 0.1) is 0 Å². The summed E-state index contributed by atoms with van der Waals surface area (Å²) in [5, 5.41) is 6.29. The standard InChI is InChI=1S/C10H12N4S/c11-8-2-1-3-13-9(8)6-12-7-10-14-4-5-15-10/h1-5,12H,6-7,11H2. The number of rotatable bonds is 4. The summed E-state index contributed by atoms with van der Waals surface area (Å²) in [4.78, 5) is 8.37. The molecule has 0 aliphatic rings. The van der Waals surface area contributed by atoms with E-state index in [0.29, 0.717) is 6.54 Å². The molecule has 2 heterocycles. The van der Waals surface area contributed by atoms with Crippen molar-refractivity contribution in [3.63, 3.8) is 0 Å². The molecular weight excluding hydrogens is 208 g/mol. The van der Waals surface area contributed by atoms with E-state index in [1.165, 1.54) is 0 Å². The number of nitrogens with two attached hydrogens (primary N) is 1. The third-order valence-electron chi connectivity index (χ3n) is 1.98. The number of hydrogen-bond acceptors (Lipinski definition) is 5. The summed E-state index contributed by atoms with van der Waals surface area (Å²) in [7, 11) is 0. The van der Waals surface area contributed by atoms with Crippen molar-refractivity contribution in [3.8, 4) is 0 Å². The van der Waals surface area contributed by atoms with E-state index < -0.39 is 0 Å². The van der Waals surface area contributed by atoms with Crippen LogP contribution in [0.4, 0.5) is 5.69 Å². The van der Waals surface area contributed by atoms with Gasteiger partial charge in [-0.1, -0.05) is 0 Å². The van der Waals surface area contributed by atoms with Crippen molar-refractivity contribution in [1.29, 1.82) is 0 Å². The van der Waals surface area contributed by atoms with E-state index in [9.17, 15) is 0 Å². The lowest BCUT2D eigenvalue weighted by Crippen LogP contribution is -2.14. The summed E-state index contributed by atoms with van der Waals surface area (Å²) in [6.07, 6.45) is 3.55. The second kappa shape index (κ2) is 4.86. The second-order valence-electron chi connectivity index (χ2n) is 3.07. The average Bonchev–Trinajstić information content (AvgIpc) is 2.74. The molecule has 4 nitrogen and oxygen atoms in total. The van der Waals surface area contributed by atoms with Gasteiger partial charge in [0.05, 0.1) is 11.4 Å². The van der Waals surface area contributed by atoms with Gasteiger partial charge >= 0.3 is 0 Å². The number of anilines is 1. The summed E-state index contributed by atoms with van der Waals surface area (Å²) in [5.41, 5.74) is 7.37. The number of hydrogen-bond donors (Lipinski definition) is 2. The highest BCUT2D eigenvalue weighted by Crippen LogP contribution is 2.07. The fourth-order valence-corrected chi connectivity index (χ4v) is 1.81. The van der Waals surface area contributed by atoms with Gasteiger partial charge in [-0.15, -0.1) is 11.3 Å². The maximum absolute atomic E-state index is 5.76. The normalized spacial score (nSPS) is 10.4. The number of thiazole rings is 1. The maximum Gasteiger partial charge on any atom is 0.106 e. The number of nitrogens with one attached hydrogen (secondary N) is 1. The maximum atomic E-state index is 5.76. The summed E-state index contributed by atoms with van der Waals surface area (Å²) < 4.78 is 0. The fourth-order valence-electron chi connectivity index (χ4n) is 1.23. The molecule has 15 heavy (non-hydrogen) atoms. The van der Waals surface area contributed by atoms with Crippen LogP contribution in [0.5, 0.6) is 0 Å². The number of pyridine rings is 1. The first-order valence-electron chi connectivity index (χ1n) is 4.65. The third-order valence-corrected chi connectivity index (χ3v) is 2.76. The number of nitrogen functional groups attached to an aromatic ring is 1. The Morgan fingerprint density at radius 2 is 2.20 bits per heavy atom. The highest BCUT2D eigenvalue weighted by Gasteiger charge is 1.99. The Morgan fingerprint density at radius 1 is 1.27 bits per heavy atom. The molecule has 0 atom stereocenters. The number of aromatic nitrogens is 2. The van der Waals surface area contributed by atoms with Gasteiger partial charge in [0.25, 0.3) is 0 Å². The molecule has 0 amide bonds. The van der Waals surface area contributed by atoms with Crippen LogP contribution in [0.2, 0.25) is 0 Å². The molecule has 0 spiro atoms. The monoisotopic (exact) mass is 220 g/mol. The molecule has 0 aliphatic heterocycles. The predicted octanol–water partition coefficient (Wildman–Crippen LogP) is 1.41. The summed E-state index contributed by atoms with van der Waals surface area (Å²) in [6.45, 7) is 1.43. The van der Waals surface area contributed by atoms with Gasteiger partial charge in [0, 0.05) is 30.9 Å². The van der Waals surface area contributed by atoms with Crippen molar-refractivity contribution in [2.45, 2.75) is 13.1 Å². The molecule has 3 N–H and O–H groups in total. The van der Waals surface area contributed by atoms with E-state index in [4.69, 9.17) is 5.73 Å². The fraction of sp³-hybridized carbons (Fsp3) is 0.200. The molecule has 5 heteroatoms. The predicted molar refractivity (Wildman–Crippen MR) is 61.3 cm³/mol. The molecule has 2 aromatic rings. The topological polar surface area (TPSA) is 63.8 Å². The lowest BCUT2D eigenvalue weighted by Gasteiger charge is -2.04. The summed E-state index contributed by atoms with van der Waals surface area (Å²) in [6, 6.07) is 3.69. The van der Waals surface area contributed by atoms with Crippen LogP contribution in [0.1, 0.15) is 10.7 Å². The molecular formula is C10H12N4S. The van der Waals surface area contributed by atoms with Gasteiger partial charge in [-0.3, -0.25) is 4.98 Å². The van der Waals surface area contributed by atoms with Gasteiger partial charge in [-0.25, -0.2) is 4.98 Å². The molecule has 0 saturated carbocycles. The van der Waals surface area contributed by atoms with Crippen molar-refractivity contribution in [2.75, 3.05) is 5.73 Å². The minimum absolute atomic E-state index is 0.673. The van der Waals surface area contributed by atoms with Crippen molar-refractivity contribution in [1.82, 2.24) is 15.3 Å². The second-order valence-corrected chi connectivity index (χ2v) is 4.05. The largest absolute Gasteiger partial charge is 0.397 e. The first kappa shape index (κ1) is 10.1. The van der Waals surface area contributed by atoms with Gasteiger partial charge in [0.2, 0.25) is 0 Å². The summed E-state index contributed by atoms with van der Waals surface area (Å²) >= 11 is 1.64. The van der Waals surface area contributed by atoms with E-state index >= 15 is 0 Å². The van der Waals surface area contributed by atoms with Gasteiger partial charge < -0.3 is 11.1 Å². The van der Waals surface area contributed by atoms with Gasteiger partial charge in [-0.2, -0.15) is 0 Å². The molecule has 0 radical (unpaired) electrons. The Kier molecular flexibility index (Phi) is 3.26. The van der Waals surface area contributed by atoms with Crippen molar-refractivity contribution >= 4 is 17.0 Å². The molecule has 0 saturated heterocycles. The SMILES string of the molecule is Nc1cccnc1CNCc1nccs1. The Labute approximate surface area is 92.2 Å². The van der Waals surface area contributed by atoms with Gasteiger partial charge in [0.1, 0.15) is 5.01 Å². The molecule has 0 bridgehead atoms. The molecule has 0 aliphatic carbocycles. The van der Waals surface area contributed by atoms with E-state index in [1.54, 1.807) is 23.7 Å². The molecule has 78 valence electrons. The van der Waals surface area contributed by atoms with Crippen molar-refractivity contribution in [2.24, 2.45) is 0 Å². The highest BCUT2D eigenvalue weighted by atomic mass is 32.1. The highest BCUT2D eigenvalue weighted by molar-refractivity contribution is 7.09. The van der Waals surface area contributed by atoms with Crippen LogP contribution in [0.15, 0.2) is 29.9 Å². The van der Waals surface area contributed by atoms with E-state index in [2.05, 4.69) is 15.3 Å². The number of nitrogens with zero attached hydrogens (tertiary/aromatic N) is 2. The summed E-state index contributed by atoms with van der Waals surface area (Å²) in [5.74, 6) is 0. The minimum atomic E-state index is 0.673. The smallest absolute Gasteiger partial charge is 0.106 e. The Bertz CT molecular complexity index is 413. The van der Waals surface area contributed by atoms with Gasteiger partial charge in [-0.05, 0) is 12.1 Å². The zero-order chi connectivity index (χ0) is 10.5. The van der Waals surface area contributed by atoms with Crippen LogP contribution >= 0.6 is 11.3 Å². The molecule has 0 aromatic carbocycles. The van der Waals surface area contributed by atoms with Crippen LogP contribution in [0.3, 0.4) is 0 Å². The van der Waals surface area contributed by atoms with Crippen molar-refractivity contribution in [3.05, 3.63) is 40.6 Å². The third kappa shape index (κ3) is 2.74. The quantitative estimate of drug-likeness (QED) is 0.817. The molecule has 0 unspecified atom stereocenters. The Morgan fingerprint density at radius 3 is 2.93 bits per heavy atom. The van der Waals surface area contributed by atoms with Crippen LogP contribution in [0.25, 0.3) is 0 Å². The zero-order valence-electron chi connectivity index (χ0n) is 8.18. The van der Waals surface area contributed by atoms with Crippen LogP contribution < -0.4 is 11.1 Å². The lowest BCUT2D eigenvalue weighted by atomic mass is 10.3. The van der Waals surface area contributed by atoms with E-state index in [1.807, 2.05) is 17.5 Å². The molecule has 2 rings (SSSR count). The lowest BCUT2D eigenvalue weighted by molar-refractivity contribution is 0.678. The molecule has 2 aromatic heterocycles. The van der Waals surface area contributed by atoms with Crippen molar-refractivity contribution < 1.29 is 0 Å². The van der Waals surface area contributed by atoms with E-state index in [-0.39, 0.29) is 0 Å². The van der Waals surface area contributed by atoms with Crippen LogP contribution in [-0.4, -0.2) is 9.97 Å². The molecule has 0 fully saturated rings. The van der Waals surface area contributed by atoms with Crippen LogP contribution in [-0.2, 0) is 13.1 Å². The minimum Gasteiger partial charge on any atom is -0.397 e.